The molecular formula is C25H20N6O4. The van der Waals surface area contributed by atoms with Crippen molar-refractivity contribution in [3.05, 3.63) is 72.2 Å². The zero-order valence-electron chi connectivity index (χ0n) is 18.5. The maximum atomic E-state index is 11.4. The summed E-state index contributed by atoms with van der Waals surface area (Å²) in [5, 5.41) is 37.9. The Bertz CT molecular complexity index is 1670. The standard InChI is InChI=1S/C25H20N6O4/c32-10-11-35-14-31-24(26-23(28-31)25(33)34)20-13-30(29-27-20)12-18-7-6-17-5-4-15-2-1-3-16-8-9-19(18)22(17)21(15)16/h1-9,13,32H,10-12,14H2,(H,33,34). The van der Waals surface area contributed by atoms with Crippen LogP contribution in [0.3, 0.4) is 0 Å². The summed E-state index contributed by atoms with van der Waals surface area (Å²) in [6.45, 7) is 0.328. The Morgan fingerprint density at radius 1 is 0.971 bits per heavy atom. The molecule has 6 aromatic rings. The predicted octanol–water partition coefficient (Wildman–Crippen LogP) is 3.15. The van der Waals surface area contributed by atoms with Gasteiger partial charge < -0.3 is 14.9 Å². The molecule has 10 nitrogen and oxygen atoms in total. The summed E-state index contributed by atoms with van der Waals surface area (Å²) in [5.74, 6) is -1.40. The Hall–Kier alpha value is -4.41. The van der Waals surface area contributed by atoms with Crippen molar-refractivity contribution in [3.63, 3.8) is 0 Å². The van der Waals surface area contributed by atoms with Crippen molar-refractivity contribution in [2.75, 3.05) is 13.2 Å². The molecule has 2 aromatic heterocycles. The normalized spacial score (nSPS) is 11.8. The topological polar surface area (TPSA) is 128 Å². The molecule has 0 bridgehead atoms. The Morgan fingerprint density at radius 2 is 1.71 bits per heavy atom. The van der Waals surface area contributed by atoms with Gasteiger partial charge in [0.2, 0.25) is 0 Å². The minimum atomic E-state index is -1.26. The van der Waals surface area contributed by atoms with E-state index in [9.17, 15) is 9.90 Å². The fourth-order valence-electron chi connectivity index (χ4n) is 4.51. The van der Waals surface area contributed by atoms with Gasteiger partial charge in [-0.1, -0.05) is 59.8 Å². The summed E-state index contributed by atoms with van der Waals surface area (Å²) in [5.41, 5.74) is 1.46. The summed E-state index contributed by atoms with van der Waals surface area (Å²) in [6.07, 6.45) is 1.70. The van der Waals surface area contributed by atoms with E-state index in [1.165, 1.54) is 31.6 Å². The van der Waals surface area contributed by atoms with E-state index in [0.29, 0.717) is 12.2 Å². The number of nitrogens with zero attached hydrogens (tertiary/aromatic N) is 6. The smallest absolute Gasteiger partial charge is 0.375 e. The van der Waals surface area contributed by atoms with Gasteiger partial charge in [-0.15, -0.1) is 10.2 Å². The summed E-state index contributed by atoms with van der Waals surface area (Å²) in [6, 6.07) is 19.1. The highest BCUT2D eigenvalue weighted by Gasteiger charge is 2.20. The monoisotopic (exact) mass is 468 g/mol. The minimum absolute atomic E-state index is 0.0714. The van der Waals surface area contributed by atoms with Gasteiger partial charge in [0.15, 0.2) is 5.82 Å². The number of ether oxygens (including phenoxy) is 1. The first-order chi connectivity index (χ1) is 17.1. The van der Waals surface area contributed by atoms with E-state index in [0.717, 1.165) is 10.9 Å². The molecule has 0 saturated heterocycles. The SMILES string of the molecule is O=C(O)c1nc(-c2cn(Cc3ccc4ccc5cccc6ccc3c4c56)nn2)n(COCCO)n1. The van der Waals surface area contributed by atoms with E-state index in [1.807, 2.05) is 0 Å². The van der Waals surface area contributed by atoms with Crippen LogP contribution in [0.5, 0.6) is 0 Å². The van der Waals surface area contributed by atoms with Crippen LogP contribution in [0.25, 0.3) is 43.8 Å². The molecule has 35 heavy (non-hydrogen) atoms. The van der Waals surface area contributed by atoms with E-state index in [1.54, 1.807) is 10.9 Å². The molecule has 0 aliphatic rings. The molecule has 0 aliphatic carbocycles. The first-order valence-corrected chi connectivity index (χ1v) is 11.0. The highest BCUT2D eigenvalue weighted by atomic mass is 16.5. The zero-order chi connectivity index (χ0) is 23.9. The molecule has 0 atom stereocenters. The van der Waals surface area contributed by atoms with Crippen LogP contribution in [0, 0.1) is 0 Å². The molecule has 0 unspecified atom stereocenters. The Morgan fingerprint density at radius 3 is 2.49 bits per heavy atom. The molecule has 6 rings (SSSR count). The number of aliphatic hydroxyl groups is 1. The van der Waals surface area contributed by atoms with Gasteiger partial charge in [0.25, 0.3) is 5.82 Å². The van der Waals surface area contributed by atoms with Gasteiger partial charge in [-0.2, -0.15) is 4.98 Å². The van der Waals surface area contributed by atoms with Gasteiger partial charge in [0.1, 0.15) is 12.4 Å². The lowest BCUT2D eigenvalue weighted by atomic mass is 9.92. The molecule has 0 radical (unpaired) electrons. The largest absolute Gasteiger partial charge is 0.475 e. The number of carbonyl (C=O) groups is 1. The number of aromatic carboxylic acids is 1. The second-order valence-electron chi connectivity index (χ2n) is 8.21. The summed E-state index contributed by atoms with van der Waals surface area (Å²) >= 11 is 0. The van der Waals surface area contributed by atoms with Crippen molar-refractivity contribution in [1.29, 1.82) is 0 Å². The average Bonchev–Trinajstić information content (AvgIpc) is 3.51. The molecule has 0 amide bonds. The van der Waals surface area contributed by atoms with Crippen LogP contribution < -0.4 is 0 Å². The fraction of sp³-hybridized carbons (Fsp3) is 0.160. The third kappa shape index (κ3) is 3.65. The molecule has 0 fully saturated rings. The number of rotatable bonds is 8. The van der Waals surface area contributed by atoms with Crippen LogP contribution in [0.4, 0.5) is 0 Å². The van der Waals surface area contributed by atoms with Crippen LogP contribution in [-0.4, -0.2) is 59.2 Å². The lowest BCUT2D eigenvalue weighted by Gasteiger charge is -2.13. The molecule has 174 valence electrons. The van der Waals surface area contributed by atoms with Crippen molar-refractivity contribution in [1.82, 2.24) is 29.8 Å². The third-order valence-corrected chi connectivity index (χ3v) is 6.03. The molecule has 4 aromatic carbocycles. The zero-order valence-corrected chi connectivity index (χ0v) is 18.5. The number of carboxylic acid groups (broad SMARTS) is 1. The third-order valence-electron chi connectivity index (χ3n) is 6.03. The maximum absolute atomic E-state index is 11.4. The number of carboxylic acids is 1. The van der Waals surface area contributed by atoms with E-state index in [2.05, 4.69) is 75.0 Å². The highest BCUT2D eigenvalue weighted by Crippen LogP contribution is 2.36. The number of aliphatic hydroxyl groups excluding tert-OH is 1. The quantitative estimate of drug-likeness (QED) is 0.258. The second kappa shape index (κ2) is 8.42. The van der Waals surface area contributed by atoms with E-state index in [-0.39, 0.29) is 31.6 Å². The van der Waals surface area contributed by atoms with Gasteiger partial charge in [-0.3, -0.25) is 0 Å². The van der Waals surface area contributed by atoms with Crippen LogP contribution in [0.2, 0.25) is 0 Å². The number of aromatic nitrogens is 6. The molecule has 10 heteroatoms. The van der Waals surface area contributed by atoms with Crippen LogP contribution >= 0.6 is 0 Å². The Kier molecular flexibility index (Phi) is 5.09. The van der Waals surface area contributed by atoms with E-state index >= 15 is 0 Å². The molecule has 0 saturated carbocycles. The Balaban J connectivity index is 1.37. The first kappa shape index (κ1) is 21.1. The highest BCUT2D eigenvalue weighted by molar-refractivity contribution is 6.23. The number of hydrogen-bond donors (Lipinski definition) is 2. The van der Waals surface area contributed by atoms with Gasteiger partial charge in [-0.05, 0) is 37.9 Å². The molecule has 0 aliphatic heterocycles. The molecular weight excluding hydrogens is 448 g/mol. The van der Waals surface area contributed by atoms with Gasteiger partial charge in [0, 0.05) is 0 Å². The molecule has 0 spiro atoms. The van der Waals surface area contributed by atoms with E-state index < -0.39 is 5.97 Å². The second-order valence-corrected chi connectivity index (χ2v) is 8.21. The Labute approximate surface area is 198 Å². The first-order valence-electron chi connectivity index (χ1n) is 11.0. The van der Waals surface area contributed by atoms with Gasteiger partial charge >= 0.3 is 5.97 Å². The fourth-order valence-corrected chi connectivity index (χ4v) is 4.51. The molecule has 2 heterocycles. The van der Waals surface area contributed by atoms with Crippen molar-refractivity contribution in [3.8, 4) is 11.5 Å². The number of benzene rings is 4. The van der Waals surface area contributed by atoms with Gasteiger partial charge in [0.05, 0.1) is 26.0 Å². The van der Waals surface area contributed by atoms with Crippen LogP contribution in [-0.2, 0) is 18.0 Å². The maximum Gasteiger partial charge on any atom is 0.375 e. The van der Waals surface area contributed by atoms with Gasteiger partial charge in [-0.25, -0.2) is 14.2 Å². The van der Waals surface area contributed by atoms with Crippen molar-refractivity contribution >= 4 is 38.3 Å². The minimum Gasteiger partial charge on any atom is -0.475 e. The summed E-state index contributed by atoms with van der Waals surface area (Å²) in [7, 11) is 0. The van der Waals surface area contributed by atoms with Crippen LogP contribution in [0.15, 0.2) is 60.8 Å². The predicted molar refractivity (Wildman–Crippen MR) is 128 cm³/mol. The summed E-state index contributed by atoms with van der Waals surface area (Å²) in [4.78, 5) is 15.5. The lowest BCUT2D eigenvalue weighted by molar-refractivity contribution is 0.0420. The van der Waals surface area contributed by atoms with Crippen molar-refractivity contribution in [2.24, 2.45) is 0 Å². The van der Waals surface area contributed by atoms with Crippen molar-refractivity contribution < 1.29 is 19.7 Å². The van der Waals surface area contributed by atoms with E-state index in [4.69, 9.17) is 9.84 Å². The van der Waals surface area contributed by atoms with Crippen molar-refractivity contribution in [2.45, 2.75) is 13.3 Å². The summed E-state index contributed by atoms with van der Waals surface area (Å²) < 4.78 is 8.28. The van der Waals surface area contributed by atoms with Crippen LogP contribution in [0.1, 0.15) is 16.2 Å². The average molecular weight is 468 g/mol. The lowest BCUT2D eigenvalue weighted by Crippen LogP contribution is -2.09. The molecule has 2 N–H and O–H groups in total. The number of hydrogen-bond acceptors (Lipinski definition) is 7.